The van der Waals surface area contributed by atoms with Crippen molar-refractivity contribution < 1.29 is 65.9 Å². The summed E-state index contributed by atoms with van der Waals surface area (Å²) in [4.78, 5) is 170. The lowest BCUT2D eigenvalue weighted by molar-refractivity contribution is -0.152. The number of fused-ring (bicyclic) bond motifs is 1. The third-order valence-electron chi connectivity index (χ3n) is 19.2. The highest BCUT2D eigenvalue weighted by molar-refractivity contribution is 6.31. The summed E-state index contributed by atoms with van der Waals surface area (Å²) in [5.41, 5.74) is -2.25. The zero-order valence-corrected chi connectivity index (χ0v) is 56.8. The largest absolute Gasteiger partial charge is 0.417 e. The van der Waals surface area contributed by atoms with E-state index in [9.17, 15) is 56.3 Å². The molecule has 26 heteroatoms. The Morgan fingerprint density at radius 2 is 1.25 bits per heavy atom. The third-order valence-corrected chi connectivity index (χ3v) is 19.5. The molecule has 2 aliphatic heterocycles. The first-order valence-electron chi connectivity index (χ1n) is 32.4. The lowest BCUT2D eigenvalue weighted by Gasteiger charge is -2.41. The SMILES string of the molecule is CC[C@H](C)[C@@H]1NC(=O)[C@H](CC(C)C)N(C)C(=O)C[C@@H](C)N(C)C(=O)[C@H](C(C)C)N(C)C(=O)C2(CCCC2)NC(=O)C2CCCN2C(=O)[C@H](CCc2ccc(C(F)(F)F)c(Cl)c2)NC(=O)CN(C)C(=O)[C@H](CC2CCCCC2)N(C)C(=O)CN(C)C(=O)CN(C)C1=O. The van der Waals surface area contributed by atoms with E-state index < -0.39 is 161 Å². The van der Waals surface area contributed by atoms with E-state index in [0.717, 1.165) is 58.9 Å². The number of alkyl halides is 3. The van der Waals surface area contributed by atoms with Crippen LogP contribution in [-0.2, 0) is 65.3 Å². The van der Waals surface area contributed by atoms with Gasteiger partial charge in [-0.15, -0.1) is 0 Å². The molecule has 2 saturated carbocycles. The number of hydrogen-bond acceptors (Lipinski definition) is 11. The number of rotatable bonds is 10. The second kappa shape index (κ2) is 32.8. The number of likely N-dealkylation sites (N-methyl/N-ethyl adjacent to an activating group) is 7. The van der Waals surface area contributed by atoms with Crippen LogP contribution in [0.25, 0.3) is 0 Å². The van der Waals surface area contributed by atoms with Gasteiger partial charge < -0.3 is 55.1 Å². The van der Waals surface area contributed by atoms with Crippen molar-refractivity contribution in [2.24, 2.45) is 23.7 Å². The summed E-state index contributed by atoms with van der Waals surface area (Å²) < 4.78 is 41.3. The lowest BCUT2D eigenvalue weighted by Crippen LogP contribution is -2.64. The van der Waals surface area contributed by atoms with Gasteiger partial charge in [0.25, 0.3) is 0 Å². The van der Waals surface area contributed by atoms with Crippen molar-refractivity contribution in [2.45, 2.75) is 212 Å². The van der Waals surface area contributed by atoms with Crippen molar-refractivity contribution in [1.82, 2.24) is 55.1 Å². The van der Waals surface area contributed by atoms with Gasteiger partial charge in [-0.3, -0.25) is 52.7 Å². The first-order chi connectivity index (χ1) is 42.5. The number of benzene rings is 1. The summed E-state index contributed by atoms with van der Waals surface area (Å²) in [5.74, 6) is -7.67. The number of aryl methyl sites for hydroxylation is 1. The number of carbonyl (C=O) groups is 11. The molecule has 0 aromatic heterocycles. The first-order valence-corrected chi connectivity index (χ1v) is 32.8. The number of halogens is 4. The van der Waals surface area contributed by atoms with Crippen LogP contribution in [-0.4, -0.2) is 228 Å². The number of carbonyl (C=O) groups excluding carboxylic acids is 11. The van der Waals surface area contributed by atoms with Crippen molar-refractivity contribution in [3.63, 3.8) is 0 Å². The summed E-state index contributed by atoms with van der Waals surface area (Å²) >= 11 is 6.12. The van der Waals surface area contributed by atoms with Crippen molar-refractivity contribution in [2.75, 3.05) is 75.5 Å². The van der Waals surface area contributed by atoms with Gasteiger partial charge in [0.15, 0.2) is 0 Å². The average Bonchev–Trinajstić information content (AvgIpc) is 1.76. The Balaban J connectivity index is 1.56. The van der Waals surface area contributed by atoms with Crippen molar-refractivity contribution in [1.29, 1.82) is 0 Å². The van der Waals surface area contributed by atoms with Crippen LogP contribution in [0.3, 0.4) is 0 Å². The minimum Gasteiger partial charge on any atom is -0.343 e. The van der Waals surface area contributed by atoms with Crippen LogP contribution >= 0.6 is 11.6 Å². The Kier molecular flexibility index (Phi) is 27.1. The number of nitrogens with one attached hydrogen (secondary N) is 3. The minimum absolute atomic E-state index is 0.0336. The van der Waals surface area contributed by atoms with Crippen molar-refractivity contribution in [3.05, 3.63) is 34.3 Å². The summed E-state index contributed by atoms with van der Waals surface area (Å²) in [6.45, 7) is 11.1. The zero-order chi connectivity index (χ0) is 68.1. The maximum atomic E-state index is 15.1. The fourth-order valence-corrected chi connectivity index (χ4v) is 13.5. The van der Waals surface area contributed by atoms with Gasteiger partial charge in [-0.1, -0.05) is 111 Å². The van der Waals surface area contributed by atoms with Crippen LogP contribution < -0.4 is 16.0 Å². The van der Waals surface area contributed by atoms with Crippen LogP contribution in [0.5, 0.6) is 0 Å². The van der Waals surface area contributed by atoms with Crippen molar-refractivity contribution >= 4 is 76.6 Å². The van der Waals surface area contributed by atoms with Crippen LogP contribution in [0.1, 0.15) is 162 Å². The Labute approximate surface area is 540 Å². The first kappa shape index (κ1) is 75.2. The van der Waals surface area contributed by atoms with E-state index in [4.69, 9.17) is 11.6 Å². The molecular weight excluding hydrogens is 1200 g/mol. The fraction of sp³-hybridized carbons (Fsp3) is 0.738. The Hall–Kier alpha value is -6.53. The molecule has 91 heavy (non-hydrogen) atoms. The molecule has 4 aliphatic rings. The second-order valence-corrected chi connectivity index (χ2v) is 27.4. The number of nitrogens with zero attached hydrogens (tertiary/aromatic N) is 8. The molecule has 1 unspecified atom stereocenters. The molecule has 1 spiro atoms. The zero-order valence-electron chi connectivity index (χ0n) is 56.0. The average molecular weight is 1310 g/mol. The number of amides is 11. The molecule has 8 atom stereocenters. The van der Waals surface area contributed by atoms with E-state index in [1.165, 1.54) is 79.9 Å². The quantitative estimate of drug-likeness (QED) is 0.264. The summed E-state index contributed by atoms with van der Waals surface area (Å²) in [6, 6.07) is -4.52. The molecule has 1 aromatic rings. The Morgan fingerprint density at radius 1 is 0.648 bits per heavy atom. The topological polar surface area (TPSA) is 250 Å². The van der Waals surface area contributed by atoms with Gasteiger partial charge in [-0.2, -0.15) is 13.2 Å². The molecule has 3 N–H and O–H groups in total. The minimum atomic E-state index is -4.74. The molecule has 1 aromatic carbocycles. The molecular formula is C65H101ClF3N11O11. The molecule has 5 rings (SSSR count). The highest BCUT2D eigenvalue weighted by Crippen LogP contribution is 2.37. The van der Waals surface area contributed by atoms with E-state index in [1.807, 2.05) is 20.8 Å². The predicted octanol–water partition coefficient (Wildman–Crippen LogP) is 5.51. The Morgan fingerprint density at radius 3 is 1.84 bits per heavy atom. The summed E-state index contributed by atoms with van der Waals surface area (Å²) in [7, 11) is 10.1. The summed E-state index contributed by atoms with van der Waals surface area (Å²) in [5, 5.41) is 8.10. The Bertz CT molecular complexity index is 2790. The van der Waals surface area contributed by atoms with Gasteiger partial charge >= 0.3 is 6.18 Å². The highest BCUT2D eigenvalue weighted by atomic mass is 35.5. The van der Waals surface area contributed by atoms with Gasteiger partial charge in [0.05, 0.1) is 30.2 Å². The van der Waals surface area contributed by atoms with Crippen LogP contribution in [0.4, 0.5) is 13.2 Å². The van der Waals surface area contributed by atoms with E-state index in [2.05, 4.69) is 16.0 Å². The fourth-order valence-electron chi connectivity index (χ4n) is 13.2. The van der Waals surface area contributed by atoms with E-state index in [-0.39, 0.29) is 69.7 Å². The molecule has 2 saturated heterocycles. The van der Waals surface area contributed by atoms with Crippen LogP contribution in [0, 0.1) is 23.7 Å². The maximum absolute atomic E-state index is 15.1. The lowest BCUT2D eigenvalue weighted by atomic mass is 9.84. The molecule has 0 bridgehead atoms. The van der Waals surface area contributed by atoms with Gasteiger partial charge in [0.1, 0.15) is 41.8 Å². The summed E-state index contributed by atoms with van der Waals surface area (Å²) in [6.07, 6.45) is 2.10. The van der Waals surface area contributed by atoms with Crippen LogP contribution in [0.15, 0.2) is 18.2 Å². The number of hydrogen-bond donors (Lipinski definition) is 3. The van der Waals surface area contributed by atoms with Gasteiger partial charge in [0, 0.05) is 68.3 Å². The van der Waals surface area contributed by atoms with Gasteiger partial charge in [0.2, 0.25) is 65.0 Å². The second-order valence-electron chi connectivity index (χ2n) is 27.0. The molecule has 510 valence electrons. The monoisotopic (exact) mass is 1300 g/mol. The molecule has 0 radical (unpaired) electrons. The standard InChI is InChI=1S/C65H101ClF3N11O11/c1-15-41(6)55-61(89)75(10)37-53(83)73(8)38-54(84)78(13)50(35-43-22-17-16-18-23-43)60(88)74(9)36-51(81)70-47(28-26-44-25-27-45(46(66)34-44)65(67,68)69)59(87)80-31-21-24-48(80)58(86)72-64(29-19-20-30-64)63(91)79(14)56(40(4)5)62(90)76(11)42(7)33-52(82)77(12)49(32-39(2)3)57(85)71-55/h25,27,34,39-43,47-50,55-56H,15-24,26,28-33,35-38H2,1-14H3,(H,70,81)(H,71,85)(H,72,86)/t41-,42+,47-,48?,49-,50-,55-,56-/m0/s1. The molecule has 11 amide bonds. The smallest absolute Gasteiger partial charge is 0.343 e. The van der Waals surface area contributed by atoms with E-state index in [0.29, 0.717) is 31.2 Å². The van der Waals surface area contributed by atoms with Gasteiger partial charge in [-0.25, -0.2) is 0 Å². The highest BCUT2D eigenvalue weighted by Gasteiger charge is 2.50. The normalized spacial score (nSPS) is 26.3. The van der Waals surface area contributed by atoms with E-state index >= 15 is 9.59 Å². The molecule has 2 heterocycles. The molecule has 2 aliphatic carbocycles. The van der Waals surface area contributed by atoms with Gasteiger partial charge in [-0.05, 0) is 99.7 Å². The van der Waals surface area contributed by atoms with Crippen LogP contribution in [0.2, 0.25) is 5.02 Å². The van der Waals surface area contributed by atoms with E-state index in [1.54, 1.807) is 27.7 Å². The molecule has 22 nitrogen and oxygen atoms in total. The third kappa shape index (κ3) is 19.3. The molecule has 4 fully saturated rings. The predicted molar refractivity (Wildman–Crippen MR) is 337 cm³/mol. The maximum Gasteiger partial charge on any atom is 0.417 e. The van der Waals surface area contributed by atoms with Crippen molar-refractivity contribution in [3.8, 4) is 0 Å².